The third-order valence-corrected chi connectivity index (χ3v) is 6.80. The zero-order valence-corrected chi connectivity index (χ0v) is 17.7. The molecule has 0 bridgehead atoms. The van der Waals surface area contributed by atoms with E-state index in [0.29, 0.717) is 5.56 Å². The fourth-order valence-electron chi connectivity index (χ4n) is 3.09. The van der Waals surface area contributed by atoms with Crippen molar-refractivity contribution in [2.45, 2.75) is 14.7 Å². The predicted octanol–water partition coefficient (Wildman–Crippen LogP) is 5.99. The normalized spacial score (nSPS) is 10.2. The van der Waals surface area contributed by atoms with Gasteiger partial charge in [0.2, 0.25) is 0 Å². The van der Waals surface area contributed by atoms with Gasteiger partial charge in [0.1, 0.15) is 0 Å². The van der Waals surface area contributed by atoms with Crippen molar-refractivity contribution in [1.82, 2.24) is 0 Å². The van der Waals surface area contributed by atoms with E-state index in [2.05, 4.69) is 60.4 Å². The molecule has 0 spiro atoms. The molecule has 0 heterocycles. The average molecular weight is 422 g/mol. The maximum atomic E-state index is 12.4. The maximum absolute atomic E-state index is 12.4. The van der Waals surface area contributed by atoms with Gasteiger partial charge in [-0.1, -0.05) is 66.4 Å². The topological polar surface area (TPSA) is 26.3 Å². The van der Waals surface area contributed by atoms with Gasteiger partial charge in [0.05, 0.1) is 16.5 Å². The Balaban J connectivity index is 1.48. The summed E-state index contributed by atoms with van der Waals surface area (Å²) in [6.07, 6.45) is 0. The van der Waals surface area contributed by atoms with Crippen LogP contribution in [-0.2, 0) is 15.6 Å². The van der Waals surface area contributed by atoms with E-state index in [4.69, 9.17) is 4.74 Å². The first kappa shape index (κ1) is 20.5. The Labute approximate surface area is 185 Å². The van der Waals surface area contributed by atoms with E-state index in [1.807, 2.05) is 66.7 Å². The summed E-state index contributed by atoms with van der Waals surface area (Å²) in [6, 6.07) is 38.2. The first-order valence-corrected chi connectivity index (χ1v) is 11.2. The van der Waals surface area contributed by atoms with Crippen LogP contribution in [0.25, 0.3) is 0 Å². The molecule has 0 fully saturated rings. The largest absolute Gasteiger partial charge is 0.449 e. The molecule has 0 aliphatic carbocycles. The summed E-state index contributed by atoms with van der Waals surface area (Å²) >= 11 is 0. The summed E-state index contributed by atoms with van der Waals surface area (Å²) in [5.74, 6) is 5.50. The second-order valence-corrected chi connectivity index (χ2v) is 8.73. The minimum Gasteiger partial charge on any atom is -0.449 e. The van der Waals surface area contributed by atoms with Crippen LogP contribution in [0.4, 0.5) is 0 Å². The van der Waals surface area contributed by atoms with Crippen molar-refractivity contribution in [3.63, 3.8) is 0 Å². The van der Waals surface area contributed by atoms with Gasteiger partial charge in [-0.3, -0.25) is 0 Å². The lowest BCUT2D eigenvalue weighted by atomic mass is 10.2. The first-order valence-electron chi connectivity index (χ1n) is 9.97. The Bertz CT molecular complexity index is 1140. The highest BCUT2D eigenvalue weighted by atomic mass is 32.2. The van der Waals surface area contributed by atoms with Gasteiger partial charge in [-0.05, 0) is 60.7 Å². The van der Waals surface area contributed by atoms with Crippen molar-refractivity contribution >= 4 is 16.9 Å². The first-order chi connectivity index (χ1) is 15.3. The lowest BCUT2D eigenvalue weighted by Gasteiger charge is -2.08. The Morgan fingerprint density at radius 1 is 0.645 bits per heavy atom. The van der Waals surface area contributed by atoms with Gasteiger partial charge in [0.15, 0.2) is 21.3 Å². The summed E-state index contributed by atoms with van der Waals surface area (Å²) < 4.78 is 5.31. The molecule has 0 aromatic heterocycles. The van der Waals surface area contributed by atoms with E-state index in [-0.39, 0.29) is 23.5 Å². The molecule has 4 aromatic carbocycles. The molecular weight excluding hydrogens is 400 g/mol. The highest BCUT2D eigenvalue weighted by Crippen LogP contribution is 2.31. The molecule has 0 aliphatic rings. The molecule has 31 heavy (non-hydrogen) atoms. The van der Waals surface area contributed by atoms with E-state index in [1.54, 1.807) is 0 Å². The van der Waals surface area contributed by atoms with Crippen LogP contribution in [0.1, 0.15) is 15.9 Å². The molecule has 3 heteroatoms. The second kappa shape index (κ2) is 10.3. The minimum absolute atomic E-state index is 0.0634. The van der Waals surface area contributed by atoms with Gasteiger partial charge in [0, 0.05) is 5.56 Å². The van der Waals surface area contributed by atoms with Crippen molar-refractivity contribution < 1.29 is 9.53 Å². The lowest BCUT2D eigenvalue weighted by Crippen LogP contribution is -2.07. The highest BCUT2D eigenvalue weighted by molar-refractivity contribution is 7.97. The van der Waals surface area contributed by atoms with Crippen LogP contribution in [0, 0.1) is 11.8 Å². The summed E-state index contributed by atoms with van der Waals surface area (Å²) in [5, 5.41) is 0. The Morgan fingerprint density at radius 3 is 1.68 bits per heavy atom. The van der Waals surface area contributed by atoms with Gasteiger partial charge in [-0.2, -0.15) is 0 Å². The number of rotatable bonds is 5. The Hall–Kier alpha value is -3.74. The molecule has 0 atom stereocenters. The standard InChI is InChI=1S/C28H21O2S/c29-28(30-22-10-13-23-11-4-1-5-12-23)24-18-20-27(21-19-24)31(25-14-6-2-7-15-25)26-16-8-3-9-17-26/h1-9,11-12,14-21H,22H2/q+1. The third kappa shape index (κ3) is 5.45. The van der Waals surface area contributed by atoms with Crippen molar-refractivity contribution in [1.29, 1.82) is 0 Å². The van der Waals surface area contributed by atoms with Crippen LogP contribution in [0.2, 0.25) is 0 Å². The van der Waals surface area contributed by atoms with E-state index < -0.39 is 0 Å². The summed E-state index contributed by atoms with van der Waals surface area (Å²) in [7, 11) is -0.239. The van der Waals surface area contributed by atoms with Crippen molar-refractivity contribution in [3.05, 3.63) is 126 Å². The molecule has 0 aliphatic heterocycles. The summed E-state index contributed by atoms with van der Waals surface area (Å²) in [5.41, 5.74) is 1.42. The molecule has 0 saturated carbocycles. The summed E-state index contributed by atoms with van der Waals surface area (Å²) in [4.78, 5) is 16.0. The van der Waals surface area contributed by atoms with Crippen LogP contribution in [0.15, 0.2) is 130 Å². The number of hydrogen-bond acceptors (Lipinski definition) is 2. The quantitative estimate of drug-likeness (QED) is 0.225. The van der Waals surface area contributed by atoms with Crippen LogP contribution in [-0.4, -0.2) is 12.6 Å². The number of esters is 1. The smallest absolute Gasteiger partial charge is 0.339 e. The van der Waals surface area contributed by atoms with Crippen LogP contribution in [0.3, 0.4) is 0 Å². The van der Waals surface area contributed by atoms with Gasteiger partial charge in [0.25, 0.3) is 0 Å². The average Bonchev–Trinajstić information content (AvgIpc) is 2.84. The van der Waals surface area contributed by atoms with Gasteiger partial charge < -0.3 is 4.74 Å². The number of ether oxygens (including phenoxy) is 1. The van der Waals surface area contributed by atoms with E-state index in [0.717, 1.165) is 10.5 Å². The zero-order chi connectivity index (χ0) is 21.3. The van der Waals surface area contributed by atoms with Gasteiger partial charge in [-0.15, -0.1) is 0 Å². The van der Waals surface area contributed by atoms with Gasteiger partial charge >= 0.3 is 5.97 Å². The number of carbonyl (C=O) groups excluding carboxylic acids is 1. The molecule has 4 rings (SSSR count). The molecule has 0 N–H and O–H groups in total. The van der Waals surface area contributed by atoms with Crippen LogP contribution < -0.4 is 0 Å². The SMILES string of the molecule is O=C(OCC#Cc1ccccc1)c1ccc([S+](c2ccccc2)c2ccccc2)cc1. The monoisotopic (exact) mass is 421 g/mol. The molecule has 150 valence electrons. The lowest BCUT2D eigenvalue weighted by molar-refractivity contribution is 0.0556. The van der Waals surface area contributed by atoms with Crippen LogP contribution >= 0.6 is 0 Å². The number of benzene rings is 4. The maximum Gasteiger partial charge on any atom is 0.339 e. The minimum atomic E-state index is -0.367. The van der Waals surface area contributed by atoms with Gasteiger partial charge in [-0.25, -0.2) is 4.79 Å². The molecule has 0 amide bonds. The van der Waals surface area contributed by atoms with Crippen LogP contribution in [0.5, 0.6) is 0 Å². The third-order valence-electron chi connectivity index (χ3n) is 4.57. The fraction of sp³-hybridized carbons (Fsp3) is 0.0357. The van der Waals surface area contributed by atoms with E-state index in [9.17, 15) is 4.79 Å². The zero-order valence-electron chi connectivity index (χ0n) is 16.9. The van der Waals surface area contributed by atoms with Crippen molar-refractivity contribution in [2.24, 2.45) is 0 Å². The molecular formula is C28H21O2S+. The predicted molar refractivity (Wildman–Crippen MR) is 125 cm³/mol. The molecule has 0 unspecified atom stereocenters. The summed E-state index contributed by atoms with van der Waals surface area (Å²) in [6.45, 7) is 0.0634. The molecule has 4 aromatic rings. The highest BCUT2D eigenvalue weighted by Gasteiger charge is 2.28. The molecule has 0 saturated heterocycles. The van der Waals surface area contributed by atoms with E-state index in [1.165, 1.54) is 9.79 Å². The van der Waals surface area contributed by atoms with Crippen molar-refractivity contribution in [2.75, 3.05) is 6.61 Å². The number of carbonyl (C=O) groups is 1. The van der Waals surface area contributed by atoms with Crippen molar-refractivity contribution in [3.8, 4) is 11.8 Å². The number of hydrogen-bond donors (Lipinski definition) is 0. The Kier molecular flexibility index (Phi) is 6.85. The Morgan fingerprint density at radius 2 is 1.13 bits per heavy atom. The molecule has 0 radical (unpaired) electrons. The molecule has 2 nitrogen and oxygen atoms in total. The van der Waals surface area contributed by atoms with E-state index >= 15 is 0 Å². The fourth-order valence-corrected chi connectivity index (χ4v) is 5.18. The second-order valence-electron chi connectivity index (χ2n) is 6.70.